The first kappa shape index (κ1) is 15.7. The number of hydrogen-bond acceptors (Lipinski definition) is 3. The van der Waals surface area contributed by atoms with Crippen LogP contribution in [0.3, 0.4) is 0 Å². The van der Waals surface area contributed by atoms with E-state index >= 15 is 0 Å². The fourth-order valence-corrected chi connectivity index (χ4v) is 2.38. The summed E-state index contributed by atoms with van der Waals surface area (Å²) in [5, 5.41) is 3.94. The van der Waals surface area contributed by atoms with E-state index in [0.717, 1.165) is 11.1 Å². The van der Waals surface area contributed by atoms with Crippen molar-refractivity contribution in [1.29, 1.82) is 0 Å². The van der Waals surface area contributed by atoms with Gasteiger partial charge in [0, 0.05) is 11.3 Å². The second kappa shape index (κ2) is 6.39. The number of carbonyl (C=O) groups is 2. The van der Waals surface area contributed by atoms with Gasteiger partial charge in [0.1, 0.15) is 5.69 Å². The Balaban J connectivity index is 2.11. The summed E-state index contributed by atoms with van der Waals surface area (Å²) in [5.74, 6) is -0.426. The van der Waals surface area contributed by atoms with Crippen molar-refractivity contribution in [2.75, 3.05) is 0 Å². The van der Waals surface area contributed by atoms with Gasteiger partial charge in [0.2, 0.25) is 0 Å². The molecule has 0 unspecified atom stereocenters. The average molecular weight is 297 g/mol. The Bertz CT molecular complexity index is 740. The molecule has 0 atom stereocenters. The zero-order valence-corrected chi connectivity index (χ0v) is 13.2. The van der Waals surface area contributed by atoms with Crippen LogP contribution in [-0.4, -0.2) is 22.9 Å². The van der Waals surface area contributed by atoms with Crippen LogP contribution in [0.4, 0.5) is 0 Å². The maximum Gasteiger partial charge on any atom is 0.288 e. The highest BCUT2D eigenvalue weighted by Crippen LogP contribution is 2.18. The molecule has 22 heavy (non-hydrogen) atoms. The van der Waals surface area contributed by atoms with Gasteiger partial charge in [-0.1, -0.05) is 29.8 Å². The molecule has 2 N–H and O–H groups in total. The largest absolute Gasteiger partial charge is 0.354 e. The van der Waals surface area contributed by atoms with Gasteiger partial charge >= 0.3 is 0 Å². The number of aromatic nitrogens is 1. The first-order valence-corrected chi connectivity index (χ1v) is 7.00. The molecule has 0 aliphatic rings. The van der Waals surface area contributed by atoms with E-state index in [1.54, 1.807) is 20.1 Å². The summed E-state index contributed by atoms with van der Waals surface area (Å²) in [6, 6.07) is 7.79. The summed E-state index contributed by atoms with van der Waals surface area (Å²) in [6.45, 7) is 7.01. The zero-order chi connectivity index (χ0) is 16.3. The number of nitrogens with zero attached hydrogens (tertiary/aromatic N) is 1. The summed E-state index contributed by atoms with van der Waals surface area (Å²) in [4.78, 5) is 26.6. The van der Waals surface area contributed by atoms with Crippen LogP contribution in [0.5, 0.6) is 0 Å². The molecule has 0 aliphatic carbocycles. The minimum atomic E-state index is -0.364. The van der Waals surface area contributed by atoms with Crippen molar-refractivity contribution in [3.05, 3.63) is 57.9 Å². The fraction of sp³-hybridized carbons (Fsp3) is 0.235. The molecule has 5 heteroatoms. The van der Waals surface area contributed by atoms with Gasteiger partial charge in [-0.05, 0) is 38.8 Å². The molecule has 0 fully saturated rings. The van der Waals surface area contributed by atoms with Gasteiger partial charge in [0.05, 0.1) is 6.21 Å². The number of benzene rings is 1. The Morgan fingerprint density at radius 1 is 1.14 bits per heavy atom. The summed E-state index contributed by atoms with van der Waals surface area (Å²) in [6.07, 6.45) is 1.58. The van der Waals surface area contributed by atoms with Crippen molar-refractivity contribution >= 4 is 17.9 Å². The molecule has 1 heterocycles. The lowest BCUT2D eigenvalue weighted by atomic mass is 10.1. The first-order chi connectivity index (χ1) is 10.4. The number of amides is 1. The Morgan fingerprint density at radius 2 is 1.77 bits per heavy atom. The van der Waals surface area contributed by atoms with Crippen LogP contribution in [0, 0.1) is 20.8 Å². The predicted octanol–water partition coefficient (Wildman–Crippen LogP) is 2.91. The lowest BCUT2D eigenvalue weighted by Gasteiger charge is -2.00. The van der Waals surface area contributed by atoms with Crippen molar-refractivity contribution in [3.63, 3.8) is 0 Å². The number of nitrogens with one attached hydrogen (secondary N) is 2. The minimum Gasteiger partial charge on any atom is -0.354 e. The molecule has 1 amide bonds. The monoisotopic (exact) mass is 297 g/mol. The van der Waals surface area contributed by atoms with E-state index in [9.17, 15) is 9.59 Å². The molecule has 2 rings (SSSR count). The summed E-state index contributed by atoms with van der Waals surface area (Å²) in [5.41, 5.74) is 6.80. The average Bonchev–Trinajstić information content (AvgIpc) is 2.76. The number of hydrazone groups is 1. The van der Waals surface area contributed by atoms with Gasteiger partial charge in [-0.3, -0.25) is 9.59 Å². The lowest BCUT2D eigenvalue weighted by Crippen LogP contribution is -2.19. The topological polar surface area (TPSA) is 74.3 Å². The zero-order valence-electron chi connectivity index (χ0n) is 13.2. The van der Waals surface area contributed by atoms with Crippen molar-refractivity contribution < 1.29 is 9.59 Å². The standard InChI is InChI=1S/C17H19N3O2/c1-10-5-7-14(8-6-10)9-18-20-17(22)16-11(2)15(13(4)21)12(3)19-16/h5-9,19H,1-4H3,(H,20,22)/b18-9+. The van der Waals surface area contributed by atoms with Crippen LogP contribution in [0.1, 0.15) is 50.2 Å². The van der Waals surface area contributed by atoms with E-state index in [1.807, 2.05) is 31.2 Å². The van der Waals surface area contributed by atoms with Crippen LogP contribution in [0.25, 0.3) is 0 Å². The molecule has 0 saturated heterocycles. The Morgan fingerprint density at radius 3 is 2.32 bits per heavy atom. The summed E-state index contributed by atoms with van der Waals surface area (Å²) in [7, 11) is 0. The highest BCUT2D eigenvalue weighted by molar-refractivity contribution is 6.02. The van der Waals surface area contributed by atoms with Gasteiger partial charge in [-0.2, -0.15) is 5.10 Å². The lowest BCUT2D eigenvalue weighted by molar-refractivity contribution is 0.0950. The number of rotatable bonds is 4. The molecule has 5 nitrogen and oxygen atoms in total. The molecule has 0 spiro atoms. The number of hydrogen-bond donors (Lipinski definition) is 2. The minimum absolute atomic E-state index is 0.0616. The molecule has 1 aromatic heterocycles. The normalized spacial score (nSPS) is 10.9. The number of H-pyrrole nitrogens is 1. The number of ketones is 1. The molecule has 1 aromatic carbocycles. The van der Waals surface area contributed by atoms with E-state index in [-0.39, 0.29) is 11.7 Å². The smallest absolute Gasteiger partial charge is 0.288 e. The molecule has 0 saturated carbocycles. The third-order valence-electron chi connectivity index (χ3n) is 3.47. The third kappa shape index (κ3) is 3.31. The molecular formula is C17H19N3O2. The van der Waals surface area contributed by atoms with Crippen molar-refractivity contribution in [3.8, 4) is 0 Å². The van der Waals surface area contributed by atoms with Gasteiger partial charge < -0.3 is 4.98 Å². The van der Waals surface area contributed by atoms with E-state index in [2.05, 4.69) is 15.5 Å². The maximum absolute atomic E-state index is 12.1. The van der Waals surface area contributed by atoms with Gasteiger partial charge in [-0.15, -0.1) is 0 Å². The summed E-state index contributed by atoms with van der Waals surface area (Å²) >= 11 is 0. The maximum atomic E-state index is 12.1. The molecule has 0 aliphatic heterocycles. The van der Waals surface area contributed by atoms with E-state index < -0.39 is 0 Å². The van der Waals surface area contributed by atoms with E-state index in [4.69, 9.17) is 0 Å². The molecule has 114 valence electrons. The van der Waals surface area contributed by atoms with Crippen molar-refractivity contribution in [1.82, 2.24) is 10.4 Å². The molecular weight excluding hydrogens is 278 g/mol. The van der Waals surface area contributed by atoms with Crippen LogP contribution in [-0.2, 0) is 0 Å². The van der Waals surface area contributed by atoms with Gasteiger partial charge in [0.25, 0.3) is 5.91 Å². The molecule has 0 bridgehead atoms. The van der Waals surface area contributed by atoms with Crippen LogP contribution in [0.2, 0.25) is 0 Å². The quantitative estimate of drug-likeness (QED) is 0.517. The van der Waals surface area contributed by atoms with Crippen LogP contribution < -0.4 is 5.43 Å². The van der Waals surface area contributed by atoms with E-state index in [1.165, 1.54) is 6.92 Å². The molecule has 0 radical (unpaired) electrons. The van der Waals surface area contributed by atoms with Crippen molar-refractivity contribution in [2.45, 2.75) is 27.7 Å². The number of aromatic amines is 1. The number of Topliss-reactive ketones (excluding diaryl/α,β-unsaturated/α-hetero) is 1. The van der Waals surface area contributed by atoms with Gasteiger partial charge in [-0.25, -0.2) is 5.43 Å². The fourth-order valence-electron chi connectivity index (χ4n) is 2.38. The SMILES string of the molecule is CC(=O)c1c(C)[nH]c(C(=O)N/N=C/c2ccc(C)cc2)c1C. The predicted molar refractivity (Wildman–Crippen MR) is 86.5 cm³/mol. The third-order valence-corrected chi connectivity index (χ3v) is 3.47. The summed E-state index contributed by atoms with van der Waals surface area (Å²) < 4.78 is 0. The second-order valence-corrected chi connectivity index (χ2v) is 5.29. The Kier molecular flexibility index (Phi) is 4.56. The molecule has 2 aromatic rings. The van der Waals surface area contributed by atoms with Gasteiger partial charge in [0.15, 0.2) is 5.78 Å². The van der Waals surface area contributed by atoms with Crippen molar-refractivity contribution in [2.24, 2.45) is 5.10 Å². The Labute approximate surface area is 129 Å². The number of carbonyl (C=O) groups excluding carboxylic acids is 2. The first-order valence-electron chi connectivity index (χ1n) is 7.00. The highest BCUT2D eigenvalue weighted by Gasteiger charge is 2.19. The van der Waals surface area contributed by atoms with Crippen LogP contribution >= 0.6 is 0 Å². The Hall–Kier alpha value is -2.69. The van der Waals surface area contributed by atoms with Crippen LogP contribution in [0.15, 0.2) is 29.4 Å². The highest BCUT2D eigenvalue weighted by atomic mass is 16.2. The number of aryl methyl sites for hydroxylation is 2. The second-order valence-electron chi connectivity index (χ2n) is 5.29. The van der Waals surface area contributed by atoms with E-state index in [0.29, 0.717) is 22.5 Å².